The summed E-state index contributed by atoms with van der Waals surface area (Å²) in [6, 6.07) is 9.67. The fraction of sp³-hybridized carbons (Fsp3) is 0.538. The maximum atomic E-state index is 9.95. The molecule has 0 radical (unpaired) electrons. The topological polar surface area (TPSA) is 58.9 Å². The van der Waals surface area contributed by atoms with Gasteiger partial charge in [-0.05, 0) is 12.5 Å². The van der Waals surface area contributed by atoms with E-state index in [-0.39, 0.29) is 6.10 Å². The summed E-state index contributed by atoms with van der Waals surface area (Å²) in [5.74, 6) is 0. The lowest BCUT2D eigenvalue weighted by molar-refractivity contribution is -0.261. The van der Waals surface area contributed by atoms with Gasteiger partial charge in [-0.2, -0.15) is 0 Å². The predicted molar refractivity (Wildman–Crippen MR) is 70.3 cm³/mol. The molecule has 0 unspecified atom stereocenters. The van der Waals surface area contributed by atoms with Gasteiger partial charge in [0.05, 0.1) is 23.6 Å². The van der Waals surface area contributed by atoms with Crippen LogP contribution in [-0.4, -0.2) is 39.6 Å². The molecule has 5 heteroatoms. The van der Waals surface area contributed by atoms with Crippen LogP contribution in [0.4, 0.5) is 0 Å². The van der Waals surface area contributed by atoms with Crippen LogP contribution in [-0.2, 0) is 16.1 Å². The van der Waals surface area contributed by atoms with E-state index < -0.39 is 23.3 Å². The van der Waals surface area contributed by atoms with Crippen molar-refractivity contribution in [1.29, 1.82) is 0 Å². The highest BCUT2D eigenvalue weighted by atomic mass is 79.9. The molecule has 1 aliphatic rings. The van der Waals surface area contributed by atoms with Crippen LogP contribution in [0.2, 0.25) is 0 Å². The zero-order valence-electron chi connectivity index (χ0n) is 10.1. The number of ether oxygens (including phenoxy) is 2. The third-order valence-electron chi connectivity index (χ3n) is 3.02. The summed E-state index contributed by atoms with van der Waals surface area (Å²) in [5, 5.41) is 19.7. The number of aliphatic hydroxyl groups excluding tert-OH is 2. The molecule has 2 N–H and O–H groups in total. The maximum Gasteiger partial charge on any atom is 0.185 e. The first-order chi connectivity index (χ1) is 8.59. The minimum Gasteiger partial charge on any atom is -0.389 e. The van der Waals surface area contributed by atoms with E-state index in [0.717, 1.165) is 5.56 Å². The number of alkyl halides is 1. The smallest absolute Gasteiger partial charge is 0.185 e. The Labute approximate surface area is 115 Å². The van der Waals surface area contributed by atoms with Crippen molar-refractivity contribution in [2.75, 3.05) is 0 Å². The lowest BCUT2D eigenvalue weighted by atomic mass is 10.0. The van der Waals surface area contributed by atoms with E-state index in [1.165, 1.54) is 0 Å². The Balaban J connectivity index is 1.93. The second-order valence-corrected chi connectivity index (χ2v) is 5.49. The Bertz CT molecular complexity index is 373. The molecule has 2 rings (SSSR count). The fourth-order valence-electron chi connectivity index (χ4n) is 1.87. The third-order valence-corrected chi connectivity index (χ3v) is 4.10. The van der Waals surface area contributed by atoms with Crippen LogP contribution >= 0.6 is 15.9 Å². The Morgan fingerprint density at radius 3 is 2.56 bits per heavy atom. The molecule has 1 fully saturated rings. The molecule has 1 aromatic carbocycles. The molecule has 1 aliphatic heterocycles. The van der Waals surface area contributed by atoms with Gasteiger partial charge in [0.15, 0.2) is 6.29 Å². The molecule has 0 bridgehead atoms. The highest BCUT2D eigenvalue weighted by molar-refractivity contribution is 9.09. The van der Waals surface area contributed by atoms with Crippen molar-refractivity contribution in [2.24, 2.45) is 0 Å². The van der Waals surface area contributed by atoms with E-state index in [1.807, 2.05) is 30.3 Å². The van der Waals surface area contributed by atoms with Crippen LogP contribution in [0.5, 0.6) is 0 Å². The summed E-state index contributed by atoms with van der Waals surface area (Å²) in [6.07, 6.45) is -2.73. The van der Waals surface area contributed by atoms with Crippen LogP contribution in [0, 0.1) is 0 Å². The molecule has 1 aromatic rings. The molecular formula is C13H17BrO4. The minimum absolute atomic E-state index is 0.366. The molecular weight excluding hydrogens is 300 g/mol. The van der Waals surface area contributed by atoms with Gasteiger partial charge in [0, 0.05) is 0 Å². The molecule has 0 spiro atoms. The molecule has 1 saturated heterocycles. The summed E-state index contributed by atoms with van der Waals surface area (Å²) in [7, 11) is 0. The van der Waals surface area contributed by atoms with Gasteiger partial charge in [-0.15, -0.1) is 0 Å². The number of hydrogen-bond donors (Lipinski definition) is 2. The van der Waals surface area contributed by atoms with Gasteiger partial charge in [0.1, 0.15) is 6.10 Å². The Kier molecular flexibility index (Phi) is 4.75. The molecule has 100 valence electrons. The van der Waals surface area contributed by atoms with Gasteiger partial charge in [-0.1, -0.05) is 46.3 Å². The summed E-state index contributed by atoms with van der Waals surface area (Å²) >= 11 is 3.27. The molecule has 0 aliphatic carbocycles. The normalized spacial score (nSPS) is 36.6. The second kappa shape index (κ2) is 6.12. The Morgan fingerprint density at radius 2 is 1.89 bits per heavy atom. The zero-order valence-corrected chi connectivity index (χ0v) is 11.7. The first-order valence-corrected chi connectivity index (χ1v) is 6.82. The molecule has 1 heterocycles. The molecule has 0 amide bonds. The molecule has 4 nitrogen and oxygen atoms in total. The van der Waals surface area contributed by atoms with Crippen LogP contribution in [0.1, 0.15) is 12.5 Å². The van der Waals surface area contributed by atoms with Crippen LogP contribution in [0.15, 0.2) is 30.3 Å². The maximum absolute atomic E-state index is 9.95. The van der Waals surface area contributed by atoms with Gasteiger partial charge in [0.2, 0.25) is 0 Å². The van der Waals surface area contributed by atoms with Crippen molar-refractivity contribution >= 4 is 15.9 Å². The van der Waals surface area contributed by atoms with E-state index in [9.17, 15) is 10.2 Å². The van der Waals surface area contributed by atoms with Gasteiger partial charge in [-0.3, -0.25) is 0 Å². The summed E-state index contributed by atoms with van der Waals surface area (Å²) in [6.45, 7) is 2.12. The first kappa shape index (κ1) is 14.0. The number of halogens is 1. The standard InChI is InChI=1S/C13H17BrO4/c1-8-11(15)10(14)12(16)13(18-8)17-7-9-5-3-2-4-6-9/h2-6,8,10-13,15-16H,7H2,1H3/t8-,10-,11-,12+,13+/m0/s1. The average molecular weight is 317 g/mol. The summed E-state index contributed by atoms with van der Waals surface area (Å²) in [5.41, 5.74) is 1.01. The van der Waals surface area contributed by atoms with Crippen molar-refractivity contribution in [1.82, 2.24) is 0 Å². The number of benzene rings is 1. The van der Waals surface area contributed by atoms with Crippen molar-refractivity contribution in [3.8, 4) is 0 Å². The van der Waals surface area contributed by atoms with Gasteiger partial charge in [-0.25, -0.2) is 0 Å². The Hall–Kier alpha value is -0.460. The lowest BCUT2D eigenvalue weighted by Crippen LogP contribution is -2.54. The van der Waals surface area contributed by atoms with Gasteiger partial charge in [0.25, 0.3) is 0 Å². The first-order valence-electron chi connectivity index (χ1n) is 5.91. The van der Waals surface area contributed by atoms with Crippen molar-refractivity contribution in [3.63, 3.8) is 0 Å². The van der Waals surface area contributed by atoms with E-state index in [4.69, 9.17) is 9.47 Å². The molecule has 5 atom stereocenters. The largest absolute Gasteiger partial charge is 0.389 e. The predicted octanol–water partition coefficient (Wildman–Crippen LogP) is 1.43. The summed E-state index contributed by atoms with van der Waals surface area (Å²) in [4.78, 5) is -0.443. The molecule has 0 saturated carbocycles. The van der Waals surface area contributed by atoms with Crippen molar-refractivity contribution in [3.05, 3.63) is 35.9 Å². The third kappa shape index (κ3) is 3.10. The van der Waals surface area contributed by atoms with Gasteiger partial charge >= 0.3 is 0 Å². The highest BCUT2D eigenvalue weighted by Gasteiger charge is 2.41. The molecule has 18 heavy (non-hydrogen) atoms. The number of hydrogen-bond acceptors (Lipinski definition) is 4. The Morgan fingerprint density at radius 1 is 1.22 bits per heavy atom. The average Bonchev–Trinajstić information content (AvgIpc) is 2.40. The molecule has 0 aromatic heterocycles. The van der Waals surface area contributed by atoms with E-state index in [1.54, 1.807) is 6.92 Å². The van der Waals surface area contributed by atoms with Gasteiger partial charge < -0.3 is 19.7 Å². The quantitative estimate of drug-likeness (QED) is 0.828. The van der Waals surface area contributed by atoms with Crippen LogP contribution < -0.4 is 0 Å². The van der Waals surface area contributed by atoms with Crippen molar-refractivity contribution in [2.45, 2.75) is 43.0 Å². The van der Waals surface area contributed by atoms with E-state index in [2.05, 4.69) is 15.9 Å². The number of aliphatic hydroxyl groups is 2. The lowest BCUT2D eigenvalue weighted by Gasteiger charge is -2.38. The van der Waals surface area contributed by atoms with E-state index >= 15 is 0 Å². The highest BCUT2D eigenvalue weighted by Crippen LogP contribution is 2.27. The zero-order chi connectivity index (χ0) is 13.1. The minimum atomic E-state index is -0.889. The SMILES string of the molecule is C[C@@H]1O[C@@H](OCc2ccccc2)[C@H](O)[C@@H](Br)[C@H]1O. The summed E-state index contributed by atoms with van der Waals surface area (Å²) < 4.78 is 11.0. The van der Waals surface area contributed by atoms with Crippen LogP contribution in [0.3, 0.4) is 0 Å². The number of rotatable bonds is 3. The van der Waals surface area contributed by atoms with E-state index in [0.29, 0.717) is 6.61 Å². The monoisotopic (exact) mass is 316 g/mol. The van der Waals surface area contributed by atoms with Crippen LogP contribution in [0.25, 0.3) is 0 Å². The van der Waals surface area contributed by atoms with Crippen molar-refractivity contribution < 1.29 is 19.7 Å². The second-order valence-electron chi connectivity index (χ2n) is 4.43. The fourth-order valence-corrected chi connectivity index (χ4v) is 2.55.